The second-order valence-corrected chi connectivity index (χ2v) is 4.63. The van der Waals surface area contributed by atoms with E-state index in [0.29, 0.717) is 12.2 Å². The predicted molar refractivity (Wildman–Crippen MR) is 72.8 cm³/mol. The molecule has 3 nitrogen and oxygen atoms in total. The van der Waals surface area contributed by atoms with Gasteiger partial charge >= 0.3 is 0 Å². The van der Waals surface area contributed by atoms with Gasteiger partial charge < -0.3 is 0 Å². The van der Waals surface area contributed by atoms with Crippen LogP contribution < -0.4 is 5.48 Å². The van der Waals surface area contributed by atoms with Crippen LogP contribution in [0, 0.1) is 0 Å². The third kappa shape index (κ3) is 3.68. The molecule has 18 heavy (non-hydrogen) atoms. The molecule has 0 aliphatic rings. The maximum atomic E-state index is 11.7. The first-order chi connectivity index (χ1) is 8.75. The molecule has 1 N–H and O–H groups in total. The molecular formula is C14H12BrNO2. The Morgan fingerprint density at radius 3 is 2.61 bits per heavy atom. The molecule has 1 amide bonds. The van der Waals surface area contributed by atoms with Gasteiger partial charge in [-0.3, -0.25) is 9.63 Å². The molecule has 2 aromatic rings. The summed E-state index contributed by atoms with van der Waals surface area (Å²) in [5.74, 6) is -0.245. The van der Waals surface area contributed by atoms with Gasteiger partial charge in [-0.2, -0.15) is 0 Å². The van der Waals surface area contributed by atoms with Gasteiger partial charge in [-0.15, -0.1) is 0 Å². The second kappa shape index (κ2) is 6.33. The zero-order valence-corrected chi connectivity index (χ0v) is 11.2. The number of hydrogen-bond acceptors (Lipinski definition) is 2. The van der Waals surface area contributed by atoms with Gasteiger partial charge in [-0.1, -0.05) is 46.3 Å². The van der Waals surface area contributed by atoms with Gasteiger partial charge in [0.15, 0.2) is 0 Å². The maximum Gasteiger partial charge on any atom is 0.274 e. The van der Waals surface area contributed by atoms with Crippen molar-refractivity contribution in [1.82, 2.24) is 5.48 Å². The Morgan fingerprint density at radius 2 is 1.89 bits per heavy atom. The lowest BCUT2D eigenvalue weighted by atomic mass is 10.2. The van der Waals surface area contributed by atoms with Gasteiger partial charge in [0.05, 0.1) is 6.61 Å². The third-order valence-electron chi connectivity index (χ3n) is 2.33. The molecule has 92 valence electrons. The minimum Gasteiger partial charge on any atom is -0.269 e. The van der Waals surface area contributed by atoms with Gasteiger partial charge in [-0.05, 0) is 29.8 Å². The van der Waals surface area contributed by atoms with Crippen LogP contribution in [0.3, 0.4) is 0 Å². The molecule has 0 fully saturated rings. The lowest BCUT2D eigenvalue weighted by molar-refractivity contribution is 0.0233. The van der Waals surface area contributed by atoms with Crippen LogP contribution >= 0.6 is 15.9 Å². The minimum absolute atomic E-state index is 0.245. The third-order valence-corrected chi connectivity index (χ3v) is 2.82. The number of carbonyl (C=O) groups excluding carboxylic acids is 1. The van der Waals surface area contributed by atoms with E-state index in [2.05, 4.69) is 21.4 Å². The quantitative estimate of drug-likeness (QED) is 0.880. The lowest BCUT2D eigenvalue weighted by Crippen LogP contribution is -2.23. The fourth-order valence-corrected chi connectivity index (χ4v) is 1.91. The van der Waals surface area contributed by atoms with Crippen molar-refractivity contribution in [3.05, 3.63) is 70.2 Å². The summed E-state index contributed by atoms with van der Waals surface area (Å²) in [5, 5.41) is 0. The topological polar surface area (TPSA) is 38.3 Å². The minimum atomic E-state index is -0.245. The summed E-state index contributed by atoms with van der Waals surface area (Å²) in [4.78, 5) is 16.8. The highest BCUT2D eigenvalue weighted by Gasteiger charge is 2.03. The number of hydrogen-bond donors (Lipinski definition) is 1. The van der Waals surface area contributed by atoms with Gasteiger partial charge in [0.2, 0.25) is 0 Å². The summed E-state index contributed by atoms with van der Waals surface area (Å²) in [7, 11) is 0. The van der Waals surface area contributed by atoms with Crippen molar-refractivity contribution < 1.29 is 9.63 Å². The summed E-state index contributed by atoms with van der Waals surface area (Å²) < 4.78 is 0.984. The maximum absolute atomic E-state index is 11.7. The van der Waals surface area contributed by atoms with Gasteiger partial charge in [0.25, 0.3) is 5.91 Å². The first-order valence-electron chi connectivity index (χ1n) is 5.47. The molecule has 0 bridgehead atoms. The lowest BCUT2D eigenvalue weighted by Gasteiger charge is -2.06. The van der Waals surface area contributed by atoms with Gasteiger partial charge in [0.1, 0.15) is 0 Å². The zero-order valence-electron chi connectivity index (χ0n) is 9.60. The summed E-state index contributed by atoms with van der Waals surface area (Å²) >= 11 is 3.38. The molecule has 2 aromatic carbocycles. The van der Waals surface area contributed by atoms with Crippen molar-refractivity contribution in [3.8, 4) is 0 Å². The Hall–Kier alpha value is -1.65. The average Bonchev–Trinajstić information content (AvgIpc) is 2.40. The van der Waals surface area contributed by atoms with Crippen LogP contribution in [0.2, 0.25) is 0 Å². The monoisotopic (exact) mass is 305 g/mol. The average molecular weight is 306 g/mol. The normalized spacial score (nSPS) is 10.1. The largest absolute Gasteiger partial charge is 0.274 e. The van der Waals surface area contributed by atoms with Crippen molar-refractivity contribution in [2.45, 2.75) is 6.61 Å². The standard InChI is InChI=1S/C14H12BrNO2/c15-13-8-4-5-11(9-13)10-18-16-14(17)12-6-2-1-3-7-12/h1-9H,10H2,(H,16,17). The number of nitrogens with one attached hydrogen (secondary N) is 1. The molecular weight excluding hydrogens is 294 g/mol. The molecule has 0 spiro atoms. The molecule has 0 unspecified atom stereocenters. The Labute approximate surface area is 114 Å². The highest BCUT2D eigenvalue weighted by Crippen LogP contribution is 2.12. The Bertz CT molecular complexity index is 528. The van der Waals surface area contributed by atoms with E-state index in [-0.39, 0.29) is 5.91 Å². The van der Waals surface area contributed by atoms with Crippen LogP contribution in [-0.4, -0.2) is 5.91 Å². The fraction of sp³-hybridized carbons (Fsp3) is 0.0714. The van der Waals surface area contributed by atoms with Crippen LogP contribution in [0.1, 0.15) is 15.9 Å². The molecule has 0 heterocycles. The fourth-order valence-electron chi connectivity index (χ4n) is 1.46. The van der Waals surface area contributed by atoms with Gasteiger partial charge in [-0.25, -0.2) is 5.48 Å². The van der Waals surface area contributed by atoms with E-state index in [1.165, 1.54) is 0 Å². The Morgan fingerprint density at radius 1 is 1.11 bits per heavy atom. The van der Waals surface area contributed by atoms with Crippen LogP contribution in [0.4, 0.5) is 0 Å². The molecule has 0 saturated carbocycles. The van der Waals surface area contributed by atoms with Crippen LogP contribution in [0.15, 0.2) is 59.1 Å². The van der Waals surface area contributed by atoms with Gasteiger partial charge in [0, 0.05) is 10.0 Å². The zero-order chi connectivity index (χ0) is 12.8. The number of halogens is 1. The van der Waals surface area contributed by atoms with E-state index in [4.69, 9.17) is 4.84 Å². The summed E-state index contributed by atoms with van der Waals surface area (Å²) in [6.07, 6.45) is 0. The Kier molecular flexibility index (Phi) is 4.50. The number of benzene rings is 2. The number of hydroxylamine groups is 1. The van der Waals surface area contributed by atoms with E-state index in [1.54, 1.807) is 12.1 Å². The molecule has 0 aliphatic heterocycles. The molecule has 0 radical (unpaired) electrons. The SMILES string of the molecule is O=C(NOCc1cccc(Br)c1)c1ccccc1. The number of rotatable bonds is 4. The van der Waals surface area contributed by atoms with Crippen molar-refractivity contribution in [2.24, 2.45) is 0 Å². The first-order valence-corrected chi connectivity index (χ1v) is 6.26. The van der Waals surface area contributed by atoms with E-state index in [9.17, 15) is 4.79 Å². The van der Waals surface area contributed by atoms with Crippen molar-refractivity contribution in [1.29, 1.82) is 0 Å². The smallest absolute Gasteiger partial charge is 0.269 e. The van der Waals surface area contributed by atoms with E-state index in [1.807, 2.05) is 42.5 Å². The molecule has 0 saturated heterocycles. The summed E-state index contributed by atoms with van der Waals surface area (Å²) in [6, 6.07) is 16.7. The van der Waals surface area contributed by atoms with Crippen LogP contribution in [-0.2, 0) is 11.4 Å². The molecule has 0 atom stereocenters. The predicted octanol–water partition coefficient (Wildman–Crippen LogP) is 3.31. The van der Waals surface area contributed by atoms with Crippen molar-refractivity contribution in [2.75, 3.05) is 0 Å². The van der Waals surface area contributed by atoms with E-state index in [0.717, 1.165) is 10.0 Å². The summed E-state index contributed by atoms with van der Waals surface area (Å²) in [6.45, 7) is 0.331. The number of carbonyl (C=O) groups is 1. The summed E-state index contributed by atoms with van der Waals surface area (Å²) in [5.41, 5.74) is 3.97. The molecule has 0 aromatic heterocycles. The molecule has 0 aliphatic carbocycles. The van der Waals surface area contributed by atoms with Crippen LogP contribution in [0.5, 0.6) is 0 Å². The molecule has 4 heteroatoms. The second-order valence-electron chi connectivity index (χ2n) is 3.72. The van der Waals surface area contributed by atoms with E-state index >= 15 is 0 Å². The van der Waals surface area contributed by atoms with Crippen molar-refractivity contribution >= 4 is 21.8 Å². The van der Waals surface area contributed by atoms with Crippen LogP contribution in [0.25, 0.3) is 0 Å². The highest BCUT2D eigenvalue weighted by molar-refractivity contribution is 9.10. The van der Waals surface area contributed by atoms with E-state index < -0.39 is 0 Å². The highest BCUT2D eigenvalue weighted by atomic mass is 79.9. The van der Waals surface area contributed by atoms with Crippen molar-refractivity contribution in [3.63, 3.8) is 0 Å². The molecule has 2 rings (SSSR count). The number of amides is 1. The first kappa shape index (κ1) is 12.8. The Balaban J connectivity index is 1.84.